The van der Waals surface area contributed by atoms with Crippen LogP contribution in [0.25, 0.3) is 0 Å². The maximum Gasteiger partial charge on any atom is 0.123 e. The zero-order chi connectivity index (χ0) is 6.69. The van der Waals surface area contributed by atoms with Crippen LogP contribution in [0.4, 0.5) is 0 Å². The molecule has 0 amide bonds. The van der Waals surface area contributed by atoms with E-state index in [2.05, 4.69) is 6.58 Å². The molecule has 1 saturated carbocycles. The molecule has 0 N–H and O–H groups in total. The van der Waals surface area contributed by atoms with E-state index >= 15 is 0 Å². The highest BCUT2D eigenvalue weighted by molar-refractivity contribution is 5.55. The molecule has 0 saturated heterocycles. The summed E-state index contributed by atoms with van der Waals surface area (Å²) in [6.45, 7) is 3.60. The number of allylic oxidation sites excluding steroid dienone is 1. The van der Waals surface area contributed by atoms with E-state index in [-0.39, 0.29) is 5.92 Å². The van der Waals surface area contributed by atoms with Crippen LogP contribution >= 0.6 is 0 Å². The predicted molar refractivity (Wildman–Crippen MR) is 37.1 cm³/mol. The summed E-state index contributed by atoms with van der Waals surface area (Å²) in [6, 6.07) is 0. The monoisotopic (exact) mass is 124 g/mol. The molecule has 1 rings (SSSR count). The van der Waals surface area contributed by atoms with Crippen LogP contribution in [0, 0.1) is 11.8 Å². The van der Waals surface area contributed by atoms with Crippen LogP contribution in [-0.4, -0.2) is 6.29 Å². The third-order valence-corrected chi connectivity index (χ3v) is 1.84. The molecule has 0 bridgehead atoms. The molecule has 0 spiro atoms. The van der Waals surface area contributed by atoms with Crippen LogP contribution in [-0.2, 0) is 4.79 Å². The van der Waals surface area contributed by atoms with Crippen LogP contribution in [0.15, 0.2) is 12.7 Å². The fourth-order valence-corrected chi connectivity index (χ4v) is 1.08. The number of aldehydes is 1. The SMILES string of the molecule is C=CCC(C=O)C1CC1. The molecular formula is C8H12O. The van der Waals surface area contributed by atoms with Crippen molar-refractivity contribution in [2.24, 2.45) is 11.8 Å². The number of rotatable bonds is 4. The van der Waals surface area contributed by atoms with Gasteiger partial charge in [0, 0.05) is 5.92 Å². The lowest BCUT2D eigenvalue weighted by Crippen LogP contribution is -2.01. The molecule has 0 radical (unpaired) electrons. The smallest absolute Gasteiger partial charge is 0.123 e. The Balaban J connectivity index is 2.28. The molecule has 0 aromatic rings. The number of carbonyl (C=O) groups is 1. The van der Waals surface area contributed by atoms with Gasteiger partial charge in [-0.15, -0.1) is 6.58 Å². The molecule has 1 fully saturated rings. The summed E-state index contributed by atoms with van der Waals surface area (Å²) in [5.41, 5.74) is 0. The van der Waals surface area contributed by atoms with Crippen LogP contribution < -0.4 is 0 Å². The van der Waals surface area contributed by atoms with E-state index < -0.39 is 0 Å². The summed E-state index contributed by atoms with van der Waals surface area (Å²) in [7, 11) is 0. The quantitative estimate of drug-likeness (QED) is 0.412. The van der Waals surface area contributed by atoms with Gasteiger partial charge < -0.3 is 4.79 Å². The van der Waals surface area contributed by atoms with Crippen LogP contribution in [0.1, 0.15) is 19.3 Å². The zero-order valence-corrected chi connectivity index (χ0v) is 5.55. The summed E-state index contributed by atoms with van der Waals surface area (Å²) >= 11 is 0. The average molecular weight is 124 g/mol. The minimum absolute atomic E-state index is 0.280. The first-order valence-electron chi connectivity index (χ1n) is 3.44. The van der Waals surface area contributed by atoms with Crippen LogP contribution in [0.3, 0.4) is 0 Å². The Morgan fingerprint density at radius 3 is 2.67 bits per heavy atom. The minimum atomic E-state index is 0.280. The highest BCUT2D eigenvalue weighted by atomic mass is 16.1. The Morgan fingerprint density at radius 2 is 2.33 bits per heavy atom. The zero-order valence-electron chi connectivity index (χ0n) is 5.55. The van der Waals surface area contributed by atoms with E-state index in [9.17, 15) is 4.79 Å². The Bertz CT molecular complexity index is 114. The maximum absolute atomic E-state index is 10.3. The summed E-state index contributed by atoms with van der Waals surface area (Å²) in [5.74, 6) is 0.975. The molecule has 1 aliphatic carbocycles. The third-order valence-electron chi connectivity index (χ3n) is 1.84. The van der Waals surface area contributed by atoms with E-state index in [1.54, 1.807) is 0 Å². The van der Waals surface area contributed by atoms with Crippen molar-refractivity contribution < 1.29 is 4.79 Å². The molecule has 0 aromatic carbocycles. The second-order valence-electron chi connectivity index (χ2n) is 2.66. The molecule has 1 atom stereocenters. The van der Waals surface area contributed by atoms with Crippen molar-refractivity contribution in [2.75, 3.05) is 0 Å². The first kappa shape index (κ1) is 6.53. The van der Waals surface area contributed by atoms with Crippen LogP contribution in [0.2, 0.25) is 0 Å². The highest BCUT2D eigenvalue weighted by Crippen LogP contribution is 2.37. The summed E-state index contributed by atoms with van der Waals surface area (Å²) in [6.07, 6.45) is 6.26. The molecule has 1 nitrogen and oxygen atoms in total. The maximum atomic E-state index is 10.3. The molecule has 0 heterocycles. The highest BCUT2D eigenvalue weighted by Gasteiger charge is 2.29. The van der Waals surface area contributed by atoms with Crippen molar-refractivity contribution >= 4 is 6.29 Å². The van der Waals surface area contributed by atoms with Gasteiger partial charge >= 0.3 is 0 Å². The Hall–Kier alpha value is -0.590. The Labute approximate surface area is 55.8 Å². The van der Waals surface area contributed by atoms with Gasteiger partial charge in [-0.25, -0.2) is 0 Å². The van der Waals surface area contributed by atoms with Gasteiger partial charge in [-0.3, -0.25) is 0 Å². The lowest BCUT2D eigenvalue weighted by molar-refractivity contribution is -0.111. The largest absolute Gasteiger partial charge is 0.303 e. The standard InChI is InChI=1S/C8H12O/c1-2-3-8(6-9)7-4-5-7/h2,6-8H,1,3-5H2. The summed E-state index contributed by atoms with van der Waals surface area (Å²) in [5, 5.41) is 0. The summed E-state index contributed by atoms with van der Waals surface area (Å²) < 4.78 is 0. The van der Waals surface area contributed by atoms with E-state index in [4.69, 9.17) is 0 Å². The van der Waals surface area contributed by atoms with Crippen molar-refractivity contribution in [3.05, 3.63) is 12.7 Å². The van der Waals surface area contributed by atoms with Crippen molar-refractivity contribution in [1.29, 1.82) is 0 Å². The minimum Gasteiger partial charge on any atom is -0.303 e. The van der Waals surface area contributed by atoms with Gasteiger partial charge in [0.25, 0.3) is 0 Å². The van der Waals surface area contributed by atoms with E-state index in [1.807, 2.05) is 6.08 Å². The molecule has 0 aliphatic heterocycles. The van der Waals surface area contributed by atoms with Gasteiger partial charge in [-0.2, -0.15) is 0 Å². The molecule has 1 aliphatic rings. The first-order chi connectivity index (χ1) is 4.38. The van der Waals surface area contributed by atoms with E-state index in [0.29, 0.717) is 5.92 Å². The fraction of sp³-hybridized carbons (Fsp3) is 0.625. The van der Waals surface area contributed by atoms with Crippen molar-refractivity contribution in [1.82, 2.24) is 0 Å². The lowest BCUT2D eigenvalue weighted by Gasteiger charge is -2.01. The van der Waals surface area contributed by atoms with Gasteiger partial charge in [-0.05, 0) is 25.2 Å². The Morgan fingerprint density at radius 1 is 1.67 bits per heavy atom. The van der Waals surface area contributed by atoms with Crippen molar-refractivity contribution in [2.45, 2.75) is 19.3 Å². The number of hydrogen-bond donors (Lipinski definition) is 0. The third kappa shape index (κ3) is 1.67. The second kappa shape index (κ2) is 2.81. The Kier molecular flexibility index (Phi) is 2.04. The second-order valence-corrected chi connectivity index (χ2v) is 2.66. The van der Waals surface area contributed by atoms with E-state index in [1.165, 1.54) is 12.8 Å². The molecular weight excluding hydrogens is 112 g/mol. The normalized spacial score (nSPS) is 20.9. The molecule has 1 unspecified atom stereocenters. The van der Waals surface area contributed by atoms with Gasteiger partial charge in [0.05, 0.1) is 0 Å². The van der Waals surface area contributed by atoms with Gasteiger partial charge in [0.1, 0.15) is 6.29 Å². The topological polar surface area (TPSA) is 17.1 Å². The molecule has 9 heavy (non-hydrogen) atoms. The number of carbonyl (C=O) groups excluding carboxylic acids is 1. The average Bonchev–Trinajstić information content (AvgIpc) is 2.64. The van der Waals surface area contributed by atoms with Gasteiger partial charge in [0.2, 0.25) is 0 Å². The van der Waals surface area contributed by atoms with Crippen molar-refractivity contribution in [3.8, 4) is 0 Å². The van der Waals surface area contributed by atoms with E-state index in [0.717, 1.165) is 12.7 Å². The lowest BCUT2D eigenvalue weighted by atomic mass is 10.0. The first-order valence-corrected chi connectivity index (χ1v) is 3.44. The molecule has 50 valence electrons. The summed E-state index contributed by atoms with van der Waals surface area (Å²) in [4.78, 5) is 10.3. The number of hydrogen-bond acceptors (Lipinski definition) is 1. The fourth-order valence-electron chi connectivity index (χ4n) is 1.08. The van der Waals surface area contributed by atoms with Gasteiger partial charge in [-0.1, -0.05) is 6.08 Å². The molecule has 1 heteroatoms. The van der Waals surface area contributed by atoms with Gasteiger partial charge in [0.15, 0.2) is 0 Å². The van der Waals surface area contributed by atoms with Crippen molar-refractivity contribution in [3.63, 3.8) is 0 Å². The molecule has 0 aromatic heterocycles. The predicted octanol–water partition coefficient (Wildman–Crippen LogP) is 1.79. The van der Waals surface area contributed by atoms with Crippen LogP contribution in [0.5, 0.6) is 0 Å².